The van der Waals surface area contributed by atoms with Gasteiger partial charge in [-0.05, 0) is 42.7 Å². The van der Waals surface area contributed by atoms with Crippen LogP contribution in [0.3, 0.4) is 0 Å². The molecule has 0 atom stereocenters. The average molecular weight is 442 g/mol. The predicted octanol–water partition coefficient (Wildman–Crippen LogP) is 3.15. The van der Waals surface area contributed by atoms with Crippen molar-refractivity contribution < 1.29 is 14.4 Å². The highest BCUT2D eigenvalue weighted by molar-refractivity contribution is 6.30. The van der Waals surface area contributed by atoms with Gasteiger partial charge in [0.2, 0.25) is 11.8 Å². The predicted molar refractivity (Wildman–Crippen MR) is 121 cm³/mol. The Balaban J connectivity index is 1.32. The SMILES string of the molecule is O=C(NCCC(=O)N1CCN(C(=O)CCCc2ccccc2)CC1)c1ccc(Cl)cc1. The molecule has 3 rings (SSSR count). The largest absolute Gasteiger partial charge is 0.352 e. The van der Waals surface area contributed by atoms with E-state index < -0.39 is 0 Å². The fourth-order valence-corrected chi connectivity index (χ4v) is 3.72. The van der Waals surface area contributed by atoms with Gasteiger partial charge in [0.1, 0.15) is 0 Å². The number of nitrogens with one attached hydrogen (secondary N) is 1. The van der Waals surface area contributed by atoms with Gasteiger partial charge < -0.3 is 15.1 Å². The van der Waals surface area contributed by atoms with Crippen molar-refractivity contribution in [3.8, 4) is 0 Å². The van der Waals surface area contributed by atoms with Gasteiger partial charge in [0.25, 0.3) is 5.91 Å². The zero-order valence-electron chi connectivity index (χ0n) is 17.6. The Hall–Kier alpha value is -2.86. The van der Waals surface area contributed by atoms with Gasteiger partial charge in [-0.3, -0.25) is 14.4 Å². The lowest BCUT2D eigenvalue weighted by atomic mass is 10.1. The van der Waals surface area contributed by atoms with Crippen molar-refractivity contribution >= 4 is 29.3 Å². The highest BCUT2D eigenvalue weighted by Crippen LogP contribution is 2.11. The summed E-state index contributed by atoms with van der Waals surface area (Å²) in [6.45, 7) is 2.47. The van der Waals surface area contributed by atoms with E-state index in [1.165, 1.54) is 5.56 Å². The Morgan fingerprint density at radius 1 is 0.806 bits per heavy atom. The second kappa shape index (κ2) is 11.5. The van der Waals surface area contributed by atoms with E-state index in [0.717, 1.165) is 12.8 Å². The maximum Gasteiger partial charge on any atom is 0.251 e. The molecule has 164 valence electrons. The number of amides is 3. The van der Waals surface area contributed by atoms with Gasteiger partial charge in [-0.2, -0.15) is 0 Å². The second-order valence-electron chi connectivity index (χ2n) is 7.61. The minimum Gasteiger partial charge on any atom is -0.352 e. The lowest BCUT2D eigenvalue weighted by Crippen LogP contribution is -2.51. The fourth-order valence-electron chi connectivity index (χ4n) is 3.60. The molecule has 1 aliphatic rings. The standard InChI is InChI=1S/C24H28ClN3O3/c25-21-11-9-20(10-12-21)24(31)26-14-13-23(30)28-17-15-27(16-18-28)22(29)8-4-7-19-5-2-1-3-6-19/h1-3,5-6,9-12H,4,7-8,13-18H2,(H,26,31). The summed E-state index contributed by atoms with van der Waals surface area (Å²) in [6.07, 6.45) is 2.49. The molecular weight excluding hydrogens is 414 g/mol. The Bertz CT molecular complexity index is 879. The van der Waals surface area contributed by atoms with Crippen molar-refractivity contribution in [2.45, 2.75) is 25.7 Å². The van der Waals surface area contributed by atoms with Crippen molar-refractivity contribution in [1.29, 1.82) is 0 Å². The molecule has 1 saturated heterocycles. The molecule has 2 aromatic carbocycles. The Morgan fingerprint density at radius 2 is 1.39 bits per heavy atom. The minimum absolute atomic E-state index is 0.00687. The zero-order chi connectivity index (χ0) is 22.1. The summed E-state index contributed by atoms with van der Waals surface area (Å²) in [5.41, 5.74) is 1.75. The quantitative estimate of drug-likeness (QED) is 0.684. The Kier molecular flexibility index (Phi) is 8.47. The van der Waals surface area contributed by atoms with Crippen LogP contribution in [0.15, 0.2) is 54.6 Å². The molecular formula is C24H28ClN3O3. The van der Waals surface area contributed by atoms with E-state index in [-0.39, 0.29) is 30.7 Å². The van der Waals surface area contributed by atoms with Gasteiger partial charge in [0, 0.05) is 56.2 Å². The minimum atomic E-state index is -0.226. The van der Waals surface area contributed by atoms with Crippen LogP contribution in [-0.4, -0.2) is 60.2 Å². The van der Waals surface area contributed by atoms with E-state index in [9.17, 15) is 14.4 Å². The zero-order valence-corrected chi connectivity index (χ0v) is 18.3. The third kappa shape index (κ3) is 7.10. The van der Waals surface area contributed by atoms with E-state index in [1.54, 1.807) is 29.2 Å². The molecule has 7 heteroatoms. The van der Waals surface area contributed by atoms with Crippen LogP contribution in [0.5, 0.6) is 0 Å². The highest BCUT2D eigenvalue weighted by Gasteiger charge is 2.23. The van der Waals surface area contributed by atoms with Crippen molar-refractivity contribution in [2.24, 2.45) is 0 Å². The molecule has 0 radical (unpaired) electrons. The topological polar surface area (TPSA) is 69.7 Å². The Labute approximate surface area is 188 Å². The molecule has 1 N–H and O–H groups in total. The smallest absolute Gasteiger partial charge is 0.251 e. The second-order valence-corrected chi connectivity index (χ2v) is 8.05. The maximum absolute atomic E-state index is 12.4. The number of hydrogen-bond acceptors (Lipinski definition) is 3. The number of aryl methyl sites for hydroxylation is 1. The van der Waals surface area contributed by atoms with E-state index in [4.69, 9.17) is 11.6 Å². The fraction of sp³-hybridized carbons (Fsp3) is 0.375. The van der Waals surface area contributed by atoms with Gasteiger partial charge in [-0.1, -0.05) is 41.9 Å². The van der Waals surface area contributed by atoms with E-state index in [0.29, 0.717) is 43.2 Å². The molecule has 0 unspecified atom stereocenters. The van der Waals surface area contributed by atoms with E-state index in [1.807, 2.05) is 23.1 Å². The van der Waals surface area contributed by atoms with Crippen LogP contribution in [0.1, 0.15) is 35.2 Å². The number of halogens is 1. The molecule has 0 aliphatic carbocycles. The van der Waals surface area contributed by atoms with Crippen LogP contribution < -0.4 is 5.32 Å². The Morgan fingerprint density at radius 3 is 2.00 bits per heavy atom. The van der Waals surface area contributed by atoms with E-state index in [2.05, 4.69) is 17.4 Å². The van der Waals surface area contributed by atoms with Gasteiger partial charge in [-0.25, -0.2) is 0 Å². The monoisotopic (exact) mass is 441 g/mol. The number of rotatable bonds is 8. The van der Waals surface area contributed by atoms with Crippen molar-refractivity contribution in [1.82, 2.24) is 15.1 Å². The van der Waals surface area contributed by atoms with Gasteiger partial charge in [0.05, 0.1) is 0 Å². The number of benzene rings is 2. The molecule has 1 heterocycles. The lowest BCUT2D eigenvalue weighted by molar-refractivity contribution is -0.139. The number of carbonyl (C=O) groups is 3. The number of nitrogens with zero attached hydrogens (tertiary/aromatic N) is 2. The van der Waals surface area contributed by atoms with Gasteiger partial charge >= 0.3 is 0 Å². The van der Waals surface area contributed by atoms with Gasteiger partial charge in [0.15, 0.2) is 0 Å². The normalized spacial score (nSPS) is 13.7. The molecule has 3 amide bonds. The summed E-state index contributed by atoms with van der Waals surface area (Å²) in [5, 5.41) is 3.33. The maximum atomic E-state index is 12.4. The van der Waals surface area contributed by atoms with Crippen molar-refractivity contribution in [3.05, 3.63) is 70.7 Å². The third-order valence-corrected chi connectivity index (χ3v) is 5.67. The molecule has 0 bridgehead atoms. The molecule has 0 aromatic heterocycles. The number of piperazine rings is 1. The summed E-state index contributed by atoms with van der Waals surface area (Å²) in [5.74, 6) is -0.0822. The van der Waals surface area contributed by atoms with Crippen molar-refractivity contribution in [2.75, 3.05) is 32.7 Å². The summed E-state index contributed by atoms with van der Waals surface area (Å²) in [6, 6.07) is 16.8. The number of carbonyl (C=O) groups excluding carboxylic acids is 3. The van der Waals surface area contributed by atoms with E-state index >= 15 is 0 Å². The third-order valence-electron chi connectivity index (χ3n) is 5.41. The summed E-state index contributed by atoms with van der Waals surface area (Å²) >= 11 is 5.82. The first-order valence-corrected chi connectivity index (χ1v) is 11.0. The molecule has 2 aromatic rings. The highest BCUT2D eigenvalue weighted by atomic mass is 35.5. The van der Waals surface area contributed by atoms with Crippen molar-refractivity contribution in [3.63, 3.8) is 0 Å². The molecule has 1 aliphatic heterocycles. The van der Waals surface area contributed by atoms with Gasteiger partial charge in [-0.15, -0.1) is 0 Å². The van der Waals surface area contributed by atoms with Crippen LogP contribution in [-0.2, 0) is 16.0 Å². The molecule has 1 fully saturated rings. The lowest BCUT2D eigenvalue weighted by Gasteiger charge is -2.35. The summed E-state index contributed by atoms with van der Waals surface area (Å²) < 4.78 is 0. The number of hydrogen-bond donors (Lipinski definition) is 1. The molecule has 6 nitrogen and oxygen atoms in total. The molecule has 0 saturated carbocycles. The van der Waals surface area contributed by atoms with Crippen LogP contribution >= 0.6 is 11.6 Å². The summed E-state index contributed by atoms with van der Waals surface area (Å²) in [4.78, 5) is 40.5. The first-order chi connectivity index (χ1) is 15.0. The first-order valence-electron chi connectivity index (χ1n) is 10.7. The molecule has 31 heavy (non-hydrogen) atoms. The van der Waals surface area contributed by atoms with Crippen LogP contribution in [0, 0.1) is 0 Å². The first kappa shape index (κ1) is 22.8. The molecule has 0 spiro atoms. The summed E-state index contributed by atoms with van der Waals surface area (Å²) in [7, 11) is 0. The van der Waals surface area contributed by atoms with Crippen LogP contribution in [0.2, 0.25) is 5.02 Å². The van der Waals surface area contributed by atoms with Crippen LogP contribution in [0.4, 0.5) is 0 Å². The average Bonchev–Trinajstić information content (AvgIpc) is 2.80. The van der Waals surface area contributed by atoms with Crippen LogP contribution in [0.25, 0.3) is 0 Å².